The van der Waals surface area contributed by atoms with E-state index in [0.29, 0.717) is 6.42 Å². The Bertz CT molecular complexity index is 397. The molecule has 0 radical (unpaired) electrons. The number of carbonyl (C=O) groups is 1. The van der Waals surface area contributed by atoms with Gasteiger partial charge in [-0.15, -0.1) is 0 Å². The maximum Gasteiger partial charge on any atom is 0.400 e. The van der Waals surface area contributed by atoms with E-state index in [9.17, 15) is 13.2 Å². The Labute approximate surface area is 115 Å². The van der Waals surface area contributed by atoms with Crippen LogP contribution in [0.25, 0.3) is 0 Å². The van der Waals surface area contributed by atoms with Crippen molar-refractivity contribution in [1.82, 2.24) is 0 Å². The van der Waals surface area contributed by atoms with Crippen LogP contribution in [0.2, 0.25) is 0 Å². The highest BCUT2D eigenvalue weighted by Crippen LogP contribution is 2.24. The summed E-state index contributed by atoms with van der Waals surface area (Å²) in [7, 11) is -3.96. The SMILES string of the molecule is O=C1CCCCC1COS(=O)(=O)OC1CCCCC1. The van der Waals surface area contributed by atoms with E-state index in [1.165, 1.54) is 0 Å². The third-order valence-corrected chi connectivity index (χ3v) is 4.83. The van der Waals surface area contributed by atoms with Crippen LogP contribution in [0.3, 0.4) is 0 Å². The minimum Gasteiger partial charge on any atom is -0.299 e. The average molecular weight is 290 g/mol. The third-order valence-electron chi connectivity index (χ3n) is 3.90. The van der Waals surface area contributed by atoms with Crippen LogP contribution in [-0.2, 0) is 23.6 Å². The predicted octanol–water partition coefficient (Wildman–Crippen LogP) is 2.36. The fraction of sp³-hybridized carbons (Fsp3) is 0.923. The number of carbonyl (C=O) groups excluding carboxylic acids is 1. The van der Waals surface area contributed by atoms with Gasteiger partial charge in [-0.3, -0.25) is 4.79 Å². The molecule has 0 aromatic carbocycles. The number of rotatable bonds is 5. The van der Waals surface area contributed by atoms with Crippen molar-refractivity contribution in [2.24, 2.45) is 5.92 Å². The van der Waals surface area contributed by atoms with Gasteiger partial charge in [0.25, 0.3) is 0 Å². The number of ketones is 1. The summed E-state index contributed by atoms with van der Waals surface area (Å²) in [4.78, 5) is 11.6. The first-order valence-corrected chi connectivity index (χ1v) is 8.50. The van der Waals surface area contributed by atoms with E-state index in [-0.39, 0.29) is 24.4 Å². The lowest BCUT2D eigenvalue weighted by Crippen LogP contribution is -2.28. The highest BCUT2D eigenvalue weighted by atomic mass is 32.3. The first-order chi connectivity index (χ1) is 9.07. The first-order valence-electron chi connectivity index (χ1n) is 7.17. The molecule has 0 saturated heterocycles. The van der Waals surface area contributed by atoms with E-state index in [1.807, 2.05) is 0 Å². The molecule has 2 fully saturated rings. The Hall–Kier alpha value is -0.460. The molecule has 2 aliphatic rings. The molecule has 0 N–H and O–H groups in total. The molecule has 19 heavy (non-hydrogen) atoms. The number of Topliss-reactive ketones (excluding diaryl/α,β-unsaturated/α-hetero) is 1. The van der Waals surface area contributed by atoms with Gasteiger partial charge in [0.1, 0.15) is 5.78 Å². The number of hydrogen-bond donors (Lipinski definition) is 0. The molecule has 0 amide bonds. The van der Waals surface area contributed by atoms with Gasteiger partial charge in [-0.2, -0.15) is 8.42 Å². The van der Waals surface area contributed by atoms with Gasteiger partial charge in [-0.25, -0.2) is 8.37 Å². The molecule has 1 unspecified atom stereocenters. The second-order valence-corrected chi connectivity index (χ2v) is 6.70. The van der Waals surface area contributed by atoms with Gasteiger partial charge in [0.05, 0.1) is 12.7 Å². The van der Waals surface area contributed by atoms with Gasteiger partial charge >= 0.3 is 10.4 Å². The van der Waals surface area contributed by atoms with Crippen LogP contribution in [-0.4, -0.2) is 26.9 Å². The van der Waals surface area contributed by atoms with Gasteiger partial charge in [0.15, 0.2) is 0 Å². The summed E-state index contributed by atoms with van der Waals surface area (Å²) < 4.78 is 33.3. The van der Waals surface area contributed by atoms with Crippen molar-refractivity contribution < 1.29 is 21.6 Å². The third kappa shape index (κ3) is 4.85. The molecule has 5 nitrogen and oxygen atoms in total. The molecule has 2 saturated carbocycles. The van der Waals surface area contributed by atoms with E-state index < -0.39 is 10.4 Å². The van der Waals surface area contributed by atoms with E-state index in [4.69, 9.17) is 8.37 Å². The van der Waals surface area contributed by atoms with Gasteiger partial charge in [0, 0.05) is 12.3 Å². The molecule has 0 spiro atoms. The van der Waals surface area contributed by atoms with Gasteiger partial charge in [-0.1, -0.05) is 25.7 Å². The second-order valence-electron chi connectivity index (χ2n) is 5.46. The normalized spacial score (nSPS) is 26.5. The lowest BCUT2D eigenvalue weighted by atomic mass is 9.89. The van der Waals surface area contributed by atoms with Crippen LogP contribution in [0.1, 0.15) is 57.8 Å². The fourth-order valence-electron chi connectivity index (χ4n) is 2.75. The maximum absolute atomic E-state index is 11.7. The Balaban J connectivity index is 1.78. The van der Waals surface area contributed by atoms with Gasteiger partial charge < -0.3 is 0 Å². The molecule has 0 aromatic rings. The zero-order valence-corrected chi connectivity index (χ0v) is 12.0. The molecule has 2 aliphatic carbocycles. The van der Waals surface area contributed by atoms with Crippen molar-refractivity contribution in [2.45, 2.75) is 63.9 Å². The molecule has 1 atom stereocenters. The topological polar surface area (TPSA) is 69.7 Å². The predicted molar refractivity (Wildman–Crippen MR) is 69.8 cm³/mol. The molecule has 110 valence electrons. The van der Waals surface area contributed by atoms with Crippen molar-refractivity contribution >= 4 is 16.2 Å². The monoisotopic (exact) mass is 290 g/mol. The average Bonchev–Trinajstić information content (AvgIpc) is 2.38. The van der Waals surface area contributed by atoms with E-state index >= 15 is 0 Å². The quantitative estimate of drug-likeness (QED) is 0.777. The molecule has 0 heterocycles. The summed E-state index contributed by atoms with van der Waals surface area (Å²) in [5, 5.41) is 0. The minimum atomic E-state index is -3.96. The largest absolute Gasteiger partial charge is 0.400 e. The van der Waals surface area contributed by atoms with E-state index in [2.05, 4.69) is 0 Å². The maximum atomic E-state index is 11.7. The van der Waals surface area contributed by atoms with Crippen LogP contribution < -0.4 is 0 Å². The Morgan fingerprint density at radius 1 is 1.00 bits per heavy atom. The van der Waals surface area contributed by atoms with Gasteiger partial charge in [0.2, 0.25) is 0 Å². The van der Waals surface area contributed by atoms with Crippen molar-refractivity contribution in [1.29, 1.82) is 0 Å². The summed E-state index contributed by atoms with van der Waals surface area (Å²) in [6.07, 6.45) is 7.55. The molecule has 0 aliphatic heterocycles. The smallest absolute Gasteiger partial charge is 0.299 e. The van der Waals surface area contributed by atoms with Gasteiger partial charge in [-0.05, 0) is 25.7 Å². The summed E-state index contributed by atoms with van der Waals surface area (Å²) in [6.45, 7) is -0.0616. The van der Waals surface area contributed by atoms with Crippen LogP contribution >= 0.6 is 0 Å². The van der Waals surface area contributed by atoms with Crippen LogP contribution in [0.5, 0.6) is 0 Å². The second kappa shape index (κ2) is 6.81. The van der Waals surface area contributed by atoms with Crippen LogP contribution in [0.4, 0.5) is 0 Å². The standard InChI is InChI=1S/C13H22O5S/c14-13-9-5-4-6-11(13)10-17-19(15,16)18-12-7-2-1-3-8-12/h11-12H,1-10H2. The van der Waals surface area contributed by atoms with Crippen molar-refractivity contribution in [3.05, 3.63) is 0 Å². The van der Waals surface area contributed by atoms with Crippen molar-refractivity contribution in [3.8, 4) is 0 Å². The van der Waals surface area contributed by atoms with E-state index in [1.54, 1.807) is 0 Å². The van der Waals surface area contributed by atoms with Crippen molar-refractivity contribution in [2.75, 3.05) is 6.61 Å². The van der Waals surface area contributed by atoms with Crippen LogP contribution in [0, 0.1) is 5.92 Å². The summed E-state index contributed by atoms with van der Waals surface area (Å²) >= 11 is 0. The highest BCUT2D eigenvalue weighted by Gasteiger charge is 2.27. The molecule has 6 heteroatoms. The van der Waals surface area contributed by atoms with Crippen molar-refractivity contribution in [3.63, 3.8) is 0 Å². The first kappa shape index (κ1) is 14.9. The van der Waals surface area contributed by atoms with Crippen LogP contribution in [0.15, 0.2) is 0 Å². The summed E-state index contributed by atoms with van der Waals surface area (Å²) in [5.41, 5.74) is 0. The zero-order valence-electron chi connectivity index (χ0n) is 11.2. The lowest BCUT2D eigenvalue weighted by Gasteiger charge is -2.23. The Kier molecular flexibility index (Phi) is 5.36. The highest BCUT2D eigenvalue weighted by molar-refractivity contribution is 7.81. The number of hydrogen-bond acceptors (Lipinski definition) is 5. The molecule has 0 aromatic heterocycles. The Morgan fingerprint density at radius 2 is 1.68 bits per heavy atom. The molecular weight excluding hydrogens is 268 g/mol. The summed E-state index contributed by atoms with van der Waals surface area (Å²) in [6, 6.07) is 0. The fourth-order valence-corrected chi connectivity index (χ4v) is 3.66. The minimum absolute atomic E-state index is 0.0616. The lowest BCUT2D eigenvalue weighted by molar-refractivity contribution is -0.125. The molecule has 0 bridgehead atoms. The van der Waals surface area contributed by atoms with E-state index in [0.717, 1.165) is 51.4 Å². The molecule has 2 rings (SSSR count). The summed E-state index contributed by atoms with van der Waals surface area (Å²) in [5.74, 6) is -0.169. The molecular formula is C13H22O5S. The Morgan fingerprint density at radius 3 is 2.37 bits per heavy atom. The zero-order chi connectivity index (χ0) is 13.7.